The molecule has 0 spiro atoms. The Hall–Kier alpha value is -3.15. The van der Waals surface area contributed by atoms with Gasteiger partial charge < -0.3 is 15.4 Å². The van der Waals surface area contributed by atoms with Crippen LogP contribution in [0.4, 0.5) is 0 Å². The normalized spacial score (nSPS) is 12.0. The van der Waals surface area contributed by atoms with Gasteiger partial charge >= 0.3 is 5.97 Å². The van der Waals surface area contributed by atoms with E-state index in [2.05, 4.69) is 36.1 Å². The van der Waals surface area contributed by atoms with Crippen LogP contribution in [0.15, 0.2) is 54.6 Å². The van der Waals surface area contributed by atoms with E-state index < -0.39 is 6.04 Å². The number of benzene rings is 2. The molecule has 2 aromatic carbocycles. The molecule has 0 aromatic heterocycles. The molecule has 0 unspecified atom stereocenters. The number of hydrogen-bond acceptors (Lipinski definition) is 4. The molecular formula is C25H32N2O4. The smallest absolute Gasteiger partial charge is 0.305 e. The molecule has 0 aliphatic rings. The SMILES string of the molecule is COC(=O)CCCNC(=O)[C@@H](Cc1ccccc1)NC(=O)c1ccc(C(C)(C)C)cc1. The molecule has 0 aliphatic carbocycles. The van der Waals surface area contributed by atoms with Gasteiger partial charge in [-0.25, -0.2) is 0 Å². The molecule has 2 amide bonds. The van der Waals surface area contributed by atoms with E-state index in [1.165, 1.54) is 7.11 Å². The molecular weight excluding hydrogens is 392 g/mol. The van der Waals surface area contributed by atoms with Crippen molar-refractivity contribution < 1.29 is 19.1 Å². The van der Waals surface area contributed by atoms with Crippen molar-refractivity contribution in [2.24, 2.45) is 0 Å². The van der Waals surface area contributed by atoms with Crippen LogP contribution in [0.1, 0.15) is 55.1 Å². The van der Waals surface area contributed by atoms with E-state index in [4.69, 9.17) is 0 Å². The Bertz CT molecular complexity index is 871. The predicted octanol–water partition coefficient (Wildman–Crippen LogP) is 3.39. The summed E-state index contributed by atoms with van der Waals surface area (Å²) < 4.78 is 4.61. The van der Waals surface area contributed by atoms with Crippen LogP contribution in [0.3, 0.4) is 0 Å². The topological polar surface area (TPSA) is 84.5 Å². The fourth-order valence-corrected chi connectivity index (χ4v) is 3.09. The van der Waals surface area contributed by atoms with Crippen LogP contribution in [0.5, 0.6) is 0 Å². The van der Waals surface area contributed by atoms with Crippen LogP contribution in [-0.2, 0) is 26.2 Å². The number of carbonyl (C=O) groups excluding carboxylic acids is 3. The number of nitrogens with one attached hydrogen (secondary N) is 2. The largest absolute Gasteiger partial charge is 0.469 e. The van der Waals surface area contributed by atoms with Crippen molar-refractivity contribution in [3.8, 4) is 0 Å². The highest BCUT2D eigenvalue weighted by Gasteiger charge is 2.22. The van der Waals surface area contributed by atoms with Gasteiger partial charge in [-0.05, 0) is 35.1 Å². The molecule has 0 aliphatic heterocycles. The lowest BCUT2D eigenvalue weighted by Crippen LogP contribution is -2.48. The Kier molecular flexibility index (Phi) is 8.79. The number of carbonyl (C=O) groups is 3. The van der Waals surface area contributed by atoms with Crippen LogP contribution in [0, 0.1) is 0 Å². The molecule has 2 N–H and O–H groups in total. The summed E-state index contributed by atoms with van der Waals surface area (Å²) in [6.45, 7) is 6.67. The monoisotopic (exact) mass is 424 g/mol. The van der Waals surface area contributed by atoms with E-state index in [1.54, 1.807) is 12.1 Å². The maximum atomic E-state index is 12.8. The number of methoxy groups -OCH3 is 1. The first-order valence-corrected chi connectivity index (χ1v) is 10.5. The van der Waals surface area contributed by atoms with Gasteiger partial charge in [0.05, 0.1) is 7.11 Å². The second-order valence-corrected chi connectivity index (χ2v) is 8.51. The van der Waals surface area contributed by atoms with Crippen molar-refractivity contribution in [3.63, 3.8) is 0 Å². The molecule has 0 saturated heterocycles. The van der Waals surface area contributed by atoms with Crippen LogP contribution in [0.25, 0.3) is 0 Å². The van der Waals surface area contributed by atoms with Gasteiger partial charge in [-0.3, -0.25) is 14.4 Å². The number of rotatable bonds is 9. The third kappa shape index (κ3) is 7.89. The van der Waals surface area contributed by atoms with Crippen molar-refractivity contribution >= 4 is 17.8 Å². The second-order valence-electron chi connectivity index (χ2n) is 8.51. The van der Waals surface area contributed by atoms with Crippen molar-refractivity contribution in [2.45, 2.75) is 51.5 Å². The summed E-state index contributed by atoms with van der Waals surface area (Å²) in [5.74, 6) is -0.901. The lowest BCUT2D eigenvalue weighted by molar-refractivity contribution is -0.140. The summed E-state index contributed by atoms with van der Waals surface area (Å²) in [4.78, 5) is 36.8. The van der Waals surface area contributed by atoms with Gasteiger partial charge in [0.1, 0.15) is 6.04 Å². The molecule has 6 heteroatoms. The van der Waals surface area contributed by atoms with Gasteiger partial charge in [0.2, 0.25) is 5.91 Å². The summed E-state index contributed by atoms with van der Waals surface area (Å²) in [6.07, 6.45) is 1.07. The van der Waals surface area contributed by atoms with Crippen LogP contribution >= 0.6 is 0 Å². The van der Waals surface area contributed by atoms with Gasteiger partial charge in [0.25, 0.3) is 5.91 Å². The Labute approximate surface area is 184 Å². The standard InChI is InChI=1S/C25H32N2O4/c1-25(2,3)20-14-12-19(13-15-20)23(29)27-21(17-18-9-6-5-7-10-18)24(30)26-16-8-11-22(28)31-4/h5-7,9-10,12-15,21H,8,11,16-17H2,1-4H3,(H,26,30)(H,27,29)/t21-/m1/s1. The summed E-state index contributed by atoms with van der Waals surface area (Å²) in [5, 5.41) is 5.66. The first-order chi connectivity index (χ1) is 14.7. The predicted molar refractivity (Wildman–Crippen MR) is 121 cm³/mol. The zero-order chi connectivity index (χ0) is 22.9. The van der Waals surface area contributed by atoms with Crippen molar-refractivity contribution in [3.05, 3.63) is 71.3 Å². The molecule has 2 rings (SSSR count). The van der Waals surface area contributed by atoms with E-state index in [9.17, 15) is 14.4 Å². The first kappa shape index (κ1) is 24.1. The zero-order valence-corrected chi connectivity index (χ0v) is 18.7. The molecule has 166 valence electrons. The molecule has 1 atom stereocenters. The van der Waals surface area contributed by atoms with Gasteiger partial charge in [-0.1, -0.05) is 63.2 Å². The highest BCUT2D eigenvalue weighted by Crippen LogP contribution is 2.22. The van der Waals surface area contributed by atoms with E-state index in [0.717, 1.165) is 11.1 Å². The minimum Gasteiger partial charge on any atom is -0.469 e. The Morgan fingerprint density at radius 3 is 2.19 bits per heavy atom. The van der Waals surface area contributed by atoms with Gasteiger partial charge in [-0.2, -0.15) is 0 Å². The van der Waals surface area contributed by atoms with Crippen molar-refractivity contribution in [2.75, 3.05) is 13.7 Å². The average Bonchev–Trinajstić information content (AvgIpc) is 2.76. The second kappa shape index (κ2) is 11.3. The fraction of sp³-hybridized carbons (Fsp3) is 0.400. The van der Waals surface area contributed by atoms with Gasteiger partial charge in [0.15, 0.2) is 0 Å². The maximum absolute atomic E-state index is 12.8. The van der Waals surface area contributed by atoms with Crippen molar-refractivity contribution in [1.29, 1.82) is 0 Å². The third-order valence-corrected chi connectivity index (χ3v) is 5.00. The van der Waals surface area contributed by atoms with E-state index in [0.29, 0.717) is 24.9 Å². The first-order valence-electron chi connectivity index (χ1n) is 10.5. The summed E-state index contributed by atoms with van der Waals surface area (Å²) in [7, 11) is 1.33. The minimum absolute atomic E-state index is 0.00502. The van der Waals surface area contributed by atoms with Crippen LogP contribution in [-0.4, -0.2) is 37.5 Å². The number of esters is 1. The maximum Gasteiger partial charge on any atom is 0.305 e. The van der Waals surface area contributed by atoms with Crippen molar-refractivity contribution in [1.82, 2.24) is 10.6 Å². The molecule has 0 saturated carbocycles. The quantitative estimate of drug-likeness (QED) is 0.477. The molecule has 2 aromatic rings. The molecule has 0 heterocycles. The molecule has 0 fully saturated rings. The molecule has 0 radical (unpaired) electrons. The number of amides is 2. The summed E-state index contributed by atoms with van der Waals surface area (Å²) >= 11 is 0. The van der Waals surface area contributed by atoms with E-state index >= 15 is 0 Å². The molecule has 6 nitrogen and oxygen atoms in total. The summed E-state index contributed by atoms with van der Waals surface area (Å²) in [6, 6.07) is 16.2. The van der Waals surface area contributed by atoms with E-state index in [1.807, 2.05) is 42.5 Å². The Morgan fingerprint density at radius 1 is 0.968 bits per heavy atom. The lowest BCUT2D eigenvalue weighted by Gasteiger charge is -2.20. The lowest BCUT2D eigenvalue weighted by atomic mass is 9.86. The molecule has 0 bridgehead atoms. The summed E-state index contributed by atoms with van der Waals surface area (Å²) in [5.41, 5.74) is 2.58. The number of ether oxygens (including phenoxy) is 1. The van der Waals surface area contributed by atoms with Crippen LogP contribution < -0.4 is 10.6 Å². The zero-order valence-electron chi connectivity index (χ0n) is 18.7. The van der Waals surface area contributed by atoms with Gasteiger partial charge in [0, 0.05) is 24.9 Å². The third-order valence-electron chi connectivity index (χ3n) is 5.00. The minimum atomic E-state index is -0.727. The number of hydrogen-bond donors (Lipinski definition) is 2. The highest BCUT2D eigenvalue weighted by molar-refractivity contribution is 5.97. The Morgan fingerprint density at radius 2 is 1.61 bits per heavy atom. The fourth-order valence-electron chi connectivity index (χ4n) is 3.09. The van der Waals surface area contributed by atoms with Crippen LogP contribution in [0.2, 0.25) is 0 Å². The Balaban J connectivity index is 2.06. The highest BCUT2D eigenvalue weighted by atomic mass is 16.5. The van der Waals surface area contributed by atoms with E-state index in [-0.39, 0.29) is 29.6 Å². The average molecular weight is 425 g/mol. The molecule has 31 heavy (non-hydrogen) atoms. The van der Waals surface area contributed by atoms with Gasteiger partial charge in [-0.15, -0.1) is 0 Å².